The van der Waals surface area contributed by atoms with Gasteiger partial charge in [0.15, 0.2) is 5.17 Å². The Labute approximate surface area is 113 Å². The largest absolute Gasteiger partial charge is 0.496 e. The molecule has 1 aromatic rings. The minimum atomic E-state index is 0.328. The molecular weight excluding hydrogens is 306 g/mol. The highest BCUT2D eigenvalue weighted by Gasteiger charge is 2.10. The van der Waals surface area contributed by atoms with Gasteiger partial charge in [0.25, 0.3) is 0 Å². The first kappa shape index (κ1) is 14.0. The van der Waals surface area contributed by atoms with E-state index >= 15 is 0 Å². The summed E-state index contributed by atoms with van der Waals surface area (Å²) in [5.41, 5.74) is 6.48. The summed E-state index contributed by atoms with van der Waals surface area (Å²) in [5, 5.41) is 3.72. The topological polar surface area (TPSA) is 82.9 Å². The van der Waals surface area contributed by atoms with Crippen LogP contribution in [0.1, 0.15) is 5.56 Å². The molecule has 0 radical (unpaired) electrons. The zero-order chi connectivity index (χ0) is 12.8. The van der Waals surface area contributed by atoms with E-state index < -0.39 is 0 Å². The lowest BCUT2D eigenvalue weighted by Crippen LogP contribution is -2.09. The quantitative estimate of drug-likeness (QED) is 0.383. The second kappa shape index (κ2) is 6.61. The van der Waals surface area contributed by atoms with Crippen molar-refractivity contribution in [2.24, 2.45) is 16.7 Å². The Balaban J connectivity index is 2.96. The van der Waals surface area contributed by atoms with E-state index in [1.54, 1.807) is 14.2 Å². The van der Waals surface area contributed by atoms with Crippen molar-refractivity contribution in [3.8, 4) is 11.5 Å². The van der Waals surface area contributed by atoms with E-state index in [0.717, 1.165) is 21.5 Å². The lowest BCUT2D eigenvalue weighted by Gasteiger charge is -2.11. The Kier molecular flexibility index (Phi) is 5.43. The molecule has 0 bridgehead atoms. The van der Waals surface area contributed by atoms with Gasteiger partial charge in [0, 0.05) is 11.3 Å². The third kappa shape index (κ3) is 3.71. The minimum absolute atomic E-state index is 0.328. The van der Waals surface area contributed by atoms with Crippen LogP contribution in [0.15, 0.2) is 21.7 Å². The first-order chi connectivity index (χ1) is 8.12. The molecule has 0 atom stereocenters. The third-order valence-corrected chi connectivity index (χ3v) is 3.53. The van der Waals surface area contributed by atoms with Crippen LogP contribution in [0, 0.1) is 0 Å². The van der Waals surface area contributed by atoms with Crippen LogP contribution in [-0.2, 0) is 5.75 Å². The van der Waals surface area contributed by atoms with Gasteiger partial charge in [-0.1, -0.05) is 11.8 Å². The van der Waals surface area contributed by atoms with Crippen molar-refractivity contribution in [1.29, 1.82) is 0 Å². The lowest BCUT2D eigenvalue weighted by atomic mass is 10.2. The number of ether oxygens (including phenoxy) is 2. The second-order valence-electron chi connectivity index (χ2n) is 3.05. The maximum absolute atomic E-state index is 5.52. The van der Waals surface area contributed by atoms with Gasteiger partial charge >= 0.3 is 0 Å². The zero-order valence-electron chi connectivity index (χ0n) is 9.57. The Morgan fingerprint density at radius 1 is 1.35 bits per heavy atom. The van der Waals surface area contributed by atoms with E-state index in [2.05, 4.69) is 21.0 Å². The average Bonchev–Trinajstić information content (AvgIpc) is 2.36. The van der Waals surface area contributed by atoms with E-state index in [1.807, 2.05) is 12.1 Å². The van der Waals surface area contributed by atoms with Crippen molar-refractivity contribution in [2.75, 3.05) is 14.2 Å². The van der Waals surface area contributed by atoms with Gasteiger partial charge in [-0.3, -0.25) is 0 Å². The predicted molar refractivity (Wildman–Crippen MR) is 74.4 cm³/mol. The standard InChI is InChI=1S/C10H14BrN3O2S/c1-15-8-4-7(11)9(16-2)3-6(8)5-17-10(12)14-13/h3-4H,5,13H2,1-2H3,(H2,12,14). The normalized spacial score (nSPS) is 11.4. The van der Waals surface area contributed by atoms with Crippen LogP contribution in [0.4, 0.5) is 0 Å². The molecule has 0 aliphatic rings. The fraction of sp³-hybridized carbons (Fsp3) is 0.300. The van der Waals surface area contributed by atoms with Crippen molar-refractivity contribution in [1.82, 2.24) is 0 Å². The molecule has 0 aromatic heterocycles. The van der Waals surface area contributed by atoms with Gasteiger partial charge in [-0.15, -0.1) is 0 Å². The van der Waals surface area contributed by atoms with E-state index in [0.29, 0.717) is 10.9 Å². The number of halogens is 1. The molecule has 4 N–H and O–H groups in total. The molecule has 5 nitrogen and oxygen atoms in total. The molecule has 0 heterocycles. The Bertz CT molecular complexity index is 426. The van der Waals surface area contributed by atoms with E-state index in [4.69, 9.17) is 21.1 Å². The Hall–Kier alpha value is -1.08. The van der Waals surface area contributed by atoms with Gasteiger partial charge in [0.05, 0.1) is 18.7 Å². The fourth-order valence-corrected chi connectivity index (χ4v) is 2.31. The highest BCUT2D eigenvalue weighted by molar-refractivity contribution is 9.10. The number of benzene rings is 1. The minimum Gasteiger partial charge on any atom is -0.496 e. The van der Waals surface area contributed by atoms with Gasteiger partial charge in [-0.25, -0.2) is 0 Å². The molecule has 0 aliphatic heterocycles. The number of methoxy groups -OCH3 is 2. The molecule has 0 amide bonds. The molecule has 7 heteroatoms. The number of nitrogens with two attached hydrogens (primary N) is 2. The summed E-state index contributed by atoms with van der Waals surface area (Å²) in [4.78, 5) is 0. The Morgan fingerprint density at radius 3 is 2.53 bits per heavy atom. The van der Waals surface area contributed by atoms with Gasteiger partial charge in [0.1, 0.15) is 11.5 Å². The smallest absolute Gasteiger partial charge is 0.177 e. The highest BCUT2D eigenvalue weighted by atomic mass is 79.9. The number of hydrogen-bond acceptors (Lipinski definition) is 5. The summed E-state index contributed by atoms with van der Waals surface area (Å²) in [7, 11) is 3.22. The van der Waals surface area contributed by atoms with Crippen LogP contribution in [0.3, 0.4) is 0 Å². The highest BCUT2D eigenvalue weighted by Crippen LogP contribution is 2.34. The maximum atomic E-state index is 5.52. The number of nitrogens with zero attached hydrogens (tertiary/aromatic N) is 1. The van der Waals surface area contributed by atoms with Gasteiger partial charge < -0.3 is 21.1 Å². The molecule has 0 spiro atoms. The molecule has 94 valence electrons. The van der Waals surface area contributed by atoms with Crippen LogP contribution < -0.4 is 21.1 Å². The molecule has 0 fully saturated rings. The van der Waals surface area contributed by atoms with Gasteiger partial charge in [-0.2, -0.15) is 5.10 Å². The second-order valence-corrected chi connectivity index (χ2v) is 4.90. The van der Waals surface area contributed by atoms with E-state index in [1.165, 1.54) is 11.8 Å². The molecule has 1 aromatic carbocycles. The number of amidine groups is 1. The maximum Gasteiger partial charge on any atom is 0.177 e. The molecule has 0 saturated heterocycles. The van der Waals surface area contributed by atoms with Crippen molar-refractivity contribution in [3.05, 3.63) is 22.2 Å². The fourth-order valence-electron chi connectivity index (χ4n) is 1.23. The molecule has 1 rings (SSSR count). The molecule has 0 aliphatic carbocycles. The van der Waals surface area contributed by atoms with Gasteiger partial charge in [0.2, 0.25) is 0 Å². The first-order valence-electron chi connectivity index (χ1n) is 4.69. The third-order valence-electron chi connectivity index (χ3n) is 2.06. The monoisotopic (exact) mass is 319 g/mol. The summed E-state index contributed by atoms with van der Waals surface area (Å²) in [6, 6.07) is 3.74. The number of hydrazone groups is 1. The number of rotatable bonds is 4. The van der Waals surface area contributed by atoms with Crippen LogP contribution in [0.25, 0.3) is 0 Å². The van der Waals surface area contributed by atoms with E-state index in [9.17, 15) is 0 Å². The van der Waals surface area contributed by atoms with Crippen LogP contribution in [-0.4, -0.2) is 19.4 Å². The summed E-state index contributed by atoms with van der Waals surface area (Å²) in [5.74, 6) is 7.18. The van der Waals surface area contributed by atoms with Crippen LogP contribution >= 0.6 is 27.7 Å². The summed E-state index contributed by atoms with van der Waals surface area (Å²) in [6.45, 7) is 0. The zero-order valence-corrected chi connectivity index (χ0v) is 12.0. The molecular formula is C10H14BrN3O2S. The summed E-state index contributed by atoms with van der Waals surface area (Å²) >= 11 is 4.73. The summed E-state index contributed by atoms with van der Waals surface area (Å²) < 4.78 is 11.3. The molecule has 0 unspecified atom stereocenters. The Morgan fingerprint density at radius 2 is 2.00 bits per heavy atom. The van der Waals surface area contributed by atoms with Gasteiger partial charge in [-0.05, 0) is 28.1 Å². The lowest BCUT2D eigenvalue weighted by molar-refractivity contribution is 0.398. The van der Waals surface area contributed by atoms with Crippen LogP contribution in [0.5, 0.6) is 11.5 Å². The number of hydrogen-bond donors (Lipinski definition) is 2. The predicted octanol–water partition coefficient (Wildman–Crippen LogP) is 1.89. The molecule has 17 heavy (non-hydrogen) atoms. The van der Waals surface area contributed by atoms with E-state index in [-0.39, 0.29) is 0 Å². The van der Waals surface area contributed by atoms with Crippen LogP contribution in [0.2, 0.25) is 0 Å². The van der Waals surface area contributed by atoms with Crippen molar-refractivity contribution >= 4 is 32.9 Å². The SMILES string of the molecule is COc1cc(CSC(N)=NN)c(OC)cc1Br. The van der Waals surface area contributed by atoms with Crippen molar-refractivity contribution in [2.45, 2.75) is 5.75 Å². The molecule has 0 saturated carbocycles. The number of thioether (sulfide) groups is 1. The summed E-state index contributed by atoms with van der Waals surface area (Å²) in [6.07, 6.45) is 0. The van der Waals surface area contributed by atoms with Crippen molar-refractivity contribution < 1.29 is 9.47 Å². The average molecular weight is 320 g/mol. The first-order valence-corrected chi connectivity index (χ1v) is 6.46. The van der Waals surface area contributed by atoms with Crippen molar-refractivity contribution in [3.63, 3.8) is 0 Å².